The molecule has 0 spiro atoms. The van der Waals surface area contributed by atoms with Gasteiger partial charge < -0.3 is 25.1 Å². The van der Waals surface area contributed by atoms with Crippen molar-refractivity contribution in [2.45, 2.75) is 104 Å². The number of oxazole rings is 1. The summed E-state index contributed by atoms with van der Waals surface area (Å²) < 4.78 is 11.5. The molecule has 0 saturated heterocycles. The summed E-state index contributed by atoms with van der Waals surface area (Å²) in [6.07, 6.45) is 3.34. The SMILES string of the molecule is CCC[C@H]1C(=O)C(C)(C)[C@@H](O)CC(=O)O[C@H](c2ccc3oc(CN)nc3c2)CC=C(C)CCC[C@H](C)[C@@H]1O. The zero-order chi connectivity index (χ0) is 28.0. The Morgan fingerprint density at radius 3 is 2.63 bits per heavy atom. The lowest BCUT2D eigenvalue weighted by Gasteiger charge is -2.36. The predicted octanol–water partition coefficient (Wildman–Crippen LogP) is 5.15. The smallest absolute Gasteiger partial charge is 0.309 e. The third kappa shape index (κ3) is 7.10. The van der Waals surface area contributed by atoms with Crippen LogP contribution in [0.3, 0.4) is 0 Å². The number of carbonyl (C=O) groups is 2. The highest BCUT2D eigenvalue weighted by Gasteiger charge is 2.43. The van der Waals surface area contributed by atoms with Crippen LogP contribution in [0.4, 0.5) is 0 Å². The summed E-state index contributed by atoms with van der Waals surface area (Å²) >= 11 is 0. The Kier molecular flexibility index (Phi) is 10.3. The average molecular weight is 529 g/mol. The molecule has 8 heteroatoms. The molecular weight excluding hydrogens is 484 g/mol. The number of aromatic nitrogens is 1. The van der Waals surface area contributed by atoms with Gasteiger partial charge in [0.15, 0.2) is 5.58 Å². The third-order valence-electron chi connectivity index (χ3n) is 7.95. The van der Waals surface area contributed by atoms with Crippen LogP contribution in [-0.2, 0) is 20.9 Å². The van der Waals surface area contributed by atoms with Crippen LogP contribution in [0.25, 0.3) is 11.1 Å². The van der Waals surface area contributed by atoms with Crippen LogP contribution in [0.2, 0.25) is 0 Å². The van der Waals surface area contributed by atoms with Gasteiger partial charge in [0.1, 0.15) is 17.4 Å². The number of hydrogen-bond donors (Lipinski definition) is 3. The second kappa shape index (κ2) is 13.0. The molecule has 2 aromatic rings. The summed E-state index contributed by atoms with van der Waals surface area (Å²) in [6.45, 7) is 9.49. The summed E-state index contributed by atoms with van der Waals surface area (Å²) in [5.41, 5.74) is 7.60. The van der Waals surface area contributed by atoms with E-state index in [0.29, 0.717) is 29.8 Å². The summed E-state index contributed by atoms with van der Waals surface area (Å²) in [7, 11) is 0. The van der Waals surface area contributed by atoms with Crippen molar-refractivity contribution in [2.75, 3.05) is 0 Å². The number of nitrogens with two attached hydrogens (primary N) is 1. The summed E-state index contributed by atoms with van der Waals surface area (Å²) in [6, 6.07) is 5.47. The maximum atomic E-state index is 13.6. The fourth-order valence-corrected chi connectivity index (χ4v) is 5.24. The van der Waals surface area contributed by atoms with Gasteiger partial charge >= 0.3 is 5.97 Å². The van der Waals surface area contributed by atoms with Crippen molar-refractivity contribution < 1.29 is 29.0 Å². The molecular formula is C30H44N2O6. The monoisotopic (exact) mass is 528 g/mol. The lowest BCUT2D eigenvalue weighted by Crippen LogP contribution is -2.46. The van der Waals surface area contributed by atoms with Crippen molar-refractivity contribution in [3.05, 3.63) is 41.3 Å². The van der Waals surface area contributed by atoms with Crippen molar-refractivity contribution in [2.24, 2.45) is 23.0 Å². The van der Waals surface area contributed by atoms with Crippen LogP contribution in [0.1, 0.15) is 97.1 Å². The van der Waals surface area contributed by atoms with Crippen LogP contribution in [0, 0.1) is 17.3 Å². The Morgan fingerprint density at radius 1 is 1.21 bits per heavy atom. The van der Waals surface area contributed by atoms with Gasteiger partial charge in [0.05, 0.1) is 30.6 Å². The van der Waals surface area contributed by atoms with Crippen LogP contribution in [-0.4, -0.2) is 39.2 Å². The number of benzene rings is 1. The highest BCUT2D eigenvalue weighted by Crippen LogP contribution is 2.35. The zero-order valence-electron chi connectivity index (χ0n) is 23.4. The summed E-state index contributed by atoms with van der Waals surface area (Å²) in [4.78, 5) is 31.1. The van der Waals surface area contributed by atoms with Crippen LogP contribution < -0.4 is 5.73 Å². The fourth-order valence-electron chi connectivity index (χ4n) is 5.24. The number of rotatable bonds is 4. The van der Waals surface area contributed by atoms with E-state index in [-0.39, 0.29) is 24.7 Å². The van der Waals surface area contributed by atoms with E-state index in [9.17, 15) is 19.8 Å². The molecule has 4 N–H and O–H groups in total. The number of Topliss-reactive ketones (excluding diaryl/α,β-unsaturated/α-hetero) is 1. The first-order valence-corrected chi connectivity index (χ1v) is 13.8. The van der Waals surface area contributed by atoms with Crippen molar-refractivity contribution >= 4 is 22.9 Å². The Balaban J connectivity index is 1.93. The maximum Gasteiger partial charge on any atom is 0.309 e. The van der Waals surface area contributed by atoms with Crippen LogP contribution >= 0.6 is 0 Å². The topological polar surface area (TPSA) is 136 Å². The van der Waals surface area contributed by atoms with Gasteiger partial charge in [0.2, 0.25) is 5.89 Å². The Labute approximate surface area is 225 Å². The van der Waals surface area contributed by atoms with E-state index in [4.69, 9.17) is 14.9 Å². The molecule has 1 aromatic carbocycles. The molecule has 0 bridgehead atoms. The first kappa shape index (κ1) is 30.0. The van der Waals surface area contributed by atoms with Gasteiger partial charge in [-0.1, -0.05) is 51.8 Å². The molecule has 0 amide bonds. The van der Waals surface area contributed by atoms with Gasteiger partial charge in [-0.3, -0.25) is 9.59 Å². The molecule has 1 aliphatic rings. The molecule has 0 radical (unpaired) electrons. The second-order valence-corrected chi connectivity index (χ2v) is 11.4. The Bertz CT molecular complexity index is 1140. The van der Waals surface area contributed by atoms with Crippen molar-refractivity contribution in [1.29, 1.82) is 0 Å². The molecule has 3 rings (SSSR count). The van der Waals surface area contributed by atoms with E-state index >= 15 is 0 Å². The third-order valence-corrected chi connectivity index (χ3v) is 7.95. The van der Waals surface area contributed by atoms with Gasteiger partial charge in [-0.15, -0.1) is 0 Å². The van der Waals surface area contributed by atoms with Crippen molar-refractivity contribution in [3.63, 3.8) is 0 Å². The van der Waals surface area contributed by atoms with E-state index in [2.05, 4.69) is 11.1 Å². The number of carbonyl (C=O) groups excluding carboxylic acids is 2. The van der Waals surface area contributed by atoms with Gasteiger partial charge in [-0.2, -0.15) is 0 Å². The molecule has 5 atom stereocenters. The van der Waals surface area contributed by atoms with Crippen molar-refractivity contribution in [3.8, 4) is 0 Å². The first-order valence-electron chi connectivity index (χ1n) is 13.8. The van der Waals surface area contributed by atoms with Gasteiger partial charge in [0, 0.05) is 12.3 Å². The maximum absolute atomic E-state index is 13.6. The summed E-state index contributed by atoms with van der Waals surface area (Å²) in [5.74, 6) is -1.04. The largest absolute Gasteiger partial charge is 0.457 e. The number of aliphatic hydroxyl groups excluding tert-OH is 2. The average Bonchev–Trinajstić information content (AvgIpc) is 3.30. The lowest BCUT2D eigenvalue weighted by atomic mass is 9.71. The molecule has 8 nitrogen and oxygen atoms in total. The minimum absolute atomic E-state index is 0.0607. The lowest BCUT2D eigenvalue weighted by molar-refractivity contribution is -0.156. The minimum atomic E-state index is -1.25. The number of cyclic esters (lactones) is 1. The van der Waals surface area contributed by atoms with Crippen LogP contribution in [0.15, 0.2) is 34.3 Å². The number of fused-ring (bicyclic) bond motifs is 1. The fraction of sp³-hybridized carbons (Fsp3) is 0.633. The van der Waals surface area contributed by atoms with E-state index in [0.717, 1.165) is 36.8 Å². The first-order chi connectivity index (χ1) is 18.0. The number of nitrogens with zero attached hydrogens (tertiary/aromatic N) is 1. The van der Waals surface area contributed by atoms with E-state index < -0.39 is 35.6 Å². The molecule has 0 unspecified atom stereocenters. The highest BCUT2D eigenvalue weighted by atomic mass is 16.5. The molecule has 2 heterocycles. The molecule has 0 aliphatic carbocycles. The molecule has 1 aromatic heterocycles. The minimum Gasteiger partial charge on any atom is -0.457 e. The predicted molar refractivity (Wildman–Crippen MR) is 146 cm³/mol. The van der Waals surface area contributed by atoms with Gasteiger partial charge in [-0.05, 0) is 56.2 Å². The number of esters is 1. The van der Waals surface area contributed by atoms with E-state index in [1.54, 1.807) is 19.9 Å². The molecule has 38 heavy (non-hydrogen) atoms. The molecule has 0 fully saturated rings. The van der Waals surface area contributed by atoms with E-state index in [1.807, 2.05) is 32.9 Å². The molecule has 1 aliphatic heterocycles. The number of ketones is 1. The number of hydrogen-bond acceptors (Lipinski definition) is 8. The second-order valence-electron chi connectivity index (χ2n) is 11.4. The Hall–Kier alpha value is -2.55. The van der Waals surface area contributed by atoms with Crippen LogP contribution in [0.5, 0.6) is 0 Å². The Morgan fingerprint density at radius 2 is 1.95 bits per heavy atom. The standard InChI is InChI=1S/C30H44N2O6/c1-6-8-21-28(35)19(3)10-7-9-18(2)11-13-23(38-27(34)16-25(33)30(4,5)29(21)36)20-12-14-24-22(15-20)32-26(17-31)37-24/h11-12,14-15,19,21,23,25,28,33,35H,6-10,13,16-17,31H2,1-5H3/t19-,21+,23-,25-,28-/m0/s1. The van der Waals surface area contributed by atoms with E-state index in [1.165, 1.54) is 0 Å². The quantitative estimate of drug-likeness (QED) is 0.366. The van der Waals surface area contributed by atoms with Gasteiger partial charge in [0.25, 0.3) is 0 Å². The van der Waals surface area contributed by atoms with Gasteiger partial charge in [-0.25, -0.2) is 4.98 Å². The molecule has 0 saturated carbocycles. The number of allylic oxidation sites excluding steroid dienone is 1. The number of ether oxygens (including phenoxy) is 1. The molecule has 210 valence electrons. The zero-order valence-corrected chi connectivity index (χ0v) is 23.4. The highest BCUT2D eigenvalue weighted by molar-refractivity contribution is 5.88. The van der Waals surface area contributed by atoms with Crippen molar-refractivity contribution in [1.82, 2.24) is 4.98 Å². The summed E-state index contributed by atoms with van der Waals surface area (Å²) in [5, 5.41) is 22.2. The normalized spacial score (nSPS) is 28.2. The number of aliphatic hydroxyl groups is 2.